The highest BCUT2D eigenvalue weighted by atomic mass is 16.6. The summed E-state index contributed by atoms with van der Waals surface area (Å²) in [6, 6.07) is 0. The van der Waals surface area contributed by atoms with E-state index in [1.54, 1.807) is 0 Å². The Morgan fingerprint density at radius 1 is 0.350 bits per heavy atom. The minimum absolute atomic E-state index is 0.0723. The molecule has 350 valence electrons. The standard InChI is InChI=1S/C54H98O6/c1-4-7-10-13-16-19-22-24-26-28-30-32-35-38-41-44-47-53(56)59-50-51(49-58-52(55)46-43-40-37-34-21-18-15-12-9-6-3)60-54(57)48-45-42-39-36-33-31-29-27-25-23-20-17-14-11-8-5-2/h7,10,16,19,24,26,51H,4-6,8-9,11-15,17-18,20-23,25,27-50H2,1-3H3/b10-7-,19-16-,26-24-. The predicted octanol–water partition coefficient (Wildman–Crippen LogP) is 16.9. The minimum Gasteiger partial charge on any atom is -0.462 e. The fraction of sp³-hybridized carbons (Fsp3) is 0.833. The molecule has 6 nitrogen and oxygen atoms in total. The molecule has 0 saturated heterocycles. The highest BCUT2D eigenvalue weighted by molar-refractivity contribution is 5.71. The number of unbranched alkanes of at least 4 members (excludes halogenated alkanes) is 30. The average molecular weight is 843 g/mol. The maximum Gasteiger partial charge on any atom is 0.306 e. The van der Waals surface area contributed by atoms with E-state index >= 15 is 0 Å². The van der Waals surface area contributed by atoms with Crippen LogP contribution in [0.5, 0.6) is 0 Å². The lowest BCUT2D eigenvalue weighted by atomic mass is 10.0. The summed E-state index contributed by atoms with van der Waals surface area (Å²) < 4.78 is 16.8. The fourth-order valence-corrected chi connectivity index (χ4v) is 7.52. The van der Waals surface area contributed by atoms with Crippen molar-refractivity contribution in [3.63, 3.8) is 0 Å². The van der Waals surface area contributed by atoms with Crippen LogP contribution in [-0.4, -0.2) is 37.2 Å². The highest BCUT2D eigenvalue weighted by Crippen LogP contribution is 2.16. The molecule has 0 aliphatic heterocycles. The fourth-order valence-electron chi connectivity index (χ4n) is 7.52. The van der Waals surface area contributed by atoms with Crippen molar-refractivity contribution in [2.24, 2.45) is 0 Å². The number of ether oxygens (including phenoxy) is 3. The van der Waals surface area contributed by atoms with Gasteiger partial charge in [0.05, 0.1) is 0 Å². The molecular weight excluding hydrogens is 745 g/mol. The van der Waals surface area contributed by atoms with E-state index in [0.717, 1.165) is 83.5 Å². The third kappa shape index (κ3) is 46.7. The van der Waals surface area contributed by atoms with Gasteiger partial charge in [-0.05, 0) is 51.4 Å². The van der Waals surface area contributed by atoms with Crippen LogP contribution >= 0.6 is 0 Å². The number of esters is 3. The molecule has 60 heavy (non-hydrogen) atoms. The monoisotopic (exact) mass is 843 g/mol. The van der Waals surface area contributed by atoms with Crippen molar-refractivity contribution in [2.45, 2.75) is 277 Å². The van der Waals surface area contributed by atoms with E-state index in [-0.39, 0.29) is 31.1 Å². The molecule has 6 heteroatoms. The lowest BCUT2D eigenvalue weighted by Crippen LogP contribution is -2.30. The number of hydrogen-bond acceptors (Lipinski definition) is 6. The first kappa shape index (κ1) is 57.6. The third-order valence-electron chi connectivity index (χ3n) is 11.4. The largest absolute Gasteiger partial charge is 0.462 e. The third-order valence-corrected chi connectivity index (χ3v) is 11.4. The summed E-state index contributed by atoms with van der Waals surface area (Å²) in [6.07, 6.45) is 57.0. The second-order valence-corrected chi connectivity index (χ2v) is 17.4. The van der Waals surface area contributed by atoms with Crippen LogP contribution in [0.2, 0.25) is 0 Å². The first-order chi connectivity index (χ1) is 29.5. The van der Waals surface area contributed by atoms with Gasteiger partial charge in [0.15, 0.2) is 6.10 Å². The van der Waals surface area contributed by atoms with E-state index in [2.05, 4.69) is 57.2 Å². The van der Waals surface area contributed by atoms with Crippen LogP contribution in [0.3, 0.4) is 0 Å². The molecule has 0 aromatic rings. The maximum atomic E-state index is 12.8. The lowest BCUT2D eigenvalue weighted by molar-refractivity contribution is -0.167. The molecule has 0 rings (SSSR count). The summed E-state index contributed by atoms with van der Waals surface area (Å²) in [5, 5.41) is 0. The molecule has 0 aliphatic carbocycles. The Balaban J connectivity index is 4.33. The van der Waals surface area contributed by atoms with E-state index in [0.29, 0.717) is 19.3 Å². The molecule has 0 spiro atoms. The Morgan fingerprint density at radius 2 is 0.650 bits per heavy atom. The van der Waals surface area contributed by atoms with Crippen LogP contribution in [0.4, 0.5) is 0 Å². The van der Waals surface area contributed by atoms with E-state index in [1.165, 1.54) is 148 Å². The number of rotatable bonds is 47. The number of carbonyl (C=O) groups excluding carboxylic acids is 3. The second-order valence-electron chi connectivity index (χ2n) is 17.4. The van der Waals surface area contributed by atoms with Gasteiger partial charge in [-0.25, -0.2) is 0 Å². The molecular formula is C54H98O6. The second kappa shape index (κ2) is 49.3. The Labute approximate surface area is 372 Å². The van der Waals surface area contributed by atoms with Crippen molar-refractivity contribution in [1.82, 2.24) is 0 Å². The molecule has 0 bridgehead atoms. The van der Waals surface area contributed by atoms with E-state index in [4.69, 9.17) is 14.2 Å². The van der Waals surface area contributed by atoms with Crippen molar-refractivity contribution in [2.75, 3.05) is 13.2 Å². The zero-order valence-electron chi connectivity index (χ0n) is 40.0. The first-order valence-electron chi connectivity index (χ1n) is 26.0. The summed E-state index contributed by atoms with van der Waals surface area (Å²) >= 11 is 0. The summed E-state index contributed by atoms with van der Waals surface area (Å²) in [6.45, 7) is 6.53. The summed E-state index contributed by atoms with van der Waals surface area (Å²) in [7, 11) is 0. The molecule has 0 fully saturated rings. The number of hydrogen-bond donors (Lipinski definition) is 0. The Kier molecular flexibility index (Phi) is 47.3. The van der Waals surface area contributed by atoms with Gasteiger partial charge in [-0.1, -0.05) is 237 Å². The van der Waals surface area contributed by atoms with Gasteiger partial charge >= 0.3 is 17.9 Å². The molecule has 0 aromatic carbocycles. The van der Waals surface area contributed by atoms with Crippen molar-refractivity contribution >= 4 is 17.9 Å². The maximum absolute atomic E-state index is 12.8. The smallest absolute Gasteiger partial charge is 0.306 e. The van der Waals surface area contributed by atoms with E-state index in [1.807, 2.05) is 0 Å². The van der Waals surface area contributed by atoms with Gasteiger partial charge in [0.25, 0.3) is 0 Å². The van der Waals surface area contributed by atoms with Crippen molar-refractivity contribution in [3.8, 4) is 0 Å². The van der Waals surface area contributed by atoms with E-state index in [9.17, 15) is 14.4 Å². The molecule has 0 aromatic heterocycles. The van der Waals surface area contributed by atoms with Gasteiger partial charge in [-0.15, -0.1) is 0 Å². The molecule has 0 N–H and O–H groups in total. The van der Waals surface area contributed by atoms with Crippen molar-refractivity contribution in [3.05, 3.63) is 36.5 Å². The summed E-state index contributed by atoms with van der Waals surface area (Å²) in [4.78, 5) is 37.9. The number of allylic oxidation sites excluding steroid dienone is 6. The lowest BCUT2D eigenvalue weighted by Gasteiger charge is -2.18. The molecule has 0 aliphatic rings. The molecule has 0 saturated carbocycles. The van der Waals surface area contributed by atoms with Gasteiger partial charge in [-0.2, -0.15) is 0 Å². The minimum atomic E-state index is -0.771. The van der Waals surface area contributed by atoms with Gasteiger partial charge in [-0.3, -0.25) is 14.4 Å². The highest BCUT2D eigenvalue weighted by Gasteiger charge is 2.19. The molecule has 1 atom stereocenters. The van der Waals surface area contributed by atoms with Gasteiger partial charge in [0.1, 0.15) is 13.2 Å². The Hall–Kier alpha value is -2.37. The summed E-state index contributed by atoms with van der Waals surface area (Å²) in [5.74, 6) is -0.875. The normalized spacial score (nSPS) is 12.2. The first-order valence-corrected chi connectivity index (χ1v) is 26.0. The molecule has 0 radical (unpaired) electrons. The van der Waals surface area contributed by atoms with Gasteiger partial charge in [0.2, 0.25) is 0 Å². The molecule has 0 heterocycles. The van der Waals surface area contributed by atoms with Crippen molar-refractivity contribution in [1.29, 1.82) is 0 Å². The summed E-state index contributed by atoms with van der Waals surface area (Å²) in [5.41, 5.74) is 0. The van der Waals surface area contributed by atoms with Crippen LogP contribution < -0.4 is 0 Å². The van der Waals surface area contributed by atoms with Gasteiger partial charge < -0.3 is 14.2 Å². The van der Waals surface area contributed by atoms with E-state index < -0.39 is 6.10 Å². The van der Waals surface area contributed by atoms with Crippen LogP contribution in [0.25, 0.3) is 0 Å². The van der Waals surface area contributed by atoms with Crippen LogP contribution in [-0.2, 0) is 28.6 Å². The van der Waals surface area contributed by atoms with Gasteiger partial charge in [0, 0.05) is 19.3 Å². The topological polar surface area (TPSA) is 78.9 Å². The Morgan fingerprint density at radius 3 is 1.02 bits per heavy atom. The zero-order chi connectivity index (χ0) is 43.7. The predicted molar refractivity (Wildman–Crippen MR) is 256 cm³/mol. The number of carbonyl (C=O) groups is 3. The van der Waals surface area contributed by atoms with Crippen LogP contribution in [0.15, 0.2) is 36.5 Å². The van der Waals surface area contributed by atoms with Crippen LogP contribution in [0, 0.1) is 0 Å². The Bertz CT molecular complexity index is 1020. The van der Waals surface area contributed by atoms with Crippen molar-refractivity contribution < 1.29 is 28.6 Å². The quantitative estimate of drug-likeness (QED) is 0.0263. The molecule has 1 unspecified atom stereocenters. The SMILES string of the molecule is CC/C=C\C/C=C\C/C=C\CCCCCCCCC(=O)OCC(COC(=O)CCCCCCCCCCCC)OC(=O)CCCCCCCCCCCCCCCCCC. The average Bonchev–Trinajstić information content (AvgIpc) is 3.24. The molecule has 0 amide bonds. The van der Waals surface area contributed by atoms with Crippen LogP contribution in [0.1, 0.15) is 271 Å². The zero-order valence-corrected chi connectivity index (χ0v) is 40.0.